The molecule has 0 saturated heterocycles. The molecule has 4 heteroatoms. The molecule has 0 aromatic rings. The van der Waals surface area contributed by atoms with E-state index in [1.54, 1.807) is 19.0 Å². The summed E-state index contributed by atoms with van der Waals surface area (Å²) < 4.78 is 0. The fraction of sp³-hybridized carbons (Fsp3) is 0.917. The number of nitrogens with zero attached hydrogens (tertiary/aromatic N) is 2. The highest BCUT2D eigenvalue weighted by molar-refractivity contribution is 5.80. The number of likely N-dealkylation sites (N-methyl/N-ethyl adjacent to an activating group) is 1. The standard InChI is InChI=1S/C12H27N3O/c1-6-11(7-2)15(9-8-13)10(3)12(16)14(4)5/h10-11H,6-9,13H2,1-5H3. The Bertz CT molecular complexity index is 202. The fourth-order valence-corrected chi connectivity index (χ4v) is 2.11. The van der Waals surface area contributed by atoms with Crippen LogP contribution < -0.4 is 5.73 Å². The second kappa shape index (κ2) is 7.63. The number of carbonyl (C=O) groups excluding carboxylic acids is 1. The SMILES string of the molecule is CCC(CC)N(CCN)C(C)C(=O)N(C)C. The van der Waals surface area contributed by atoms with E-state index in [2.05, 4.69) is 18.7 Å². The number of hydrogen-bond donors (Lipinski definition) is 1. The summed E-state index contributed by atoms with van der Waals surface area (Å²) in [4.78, 5) is 15.8. The number of amides is 1. The molecule has 0 spiro atoms. The molecule has 96 valence electrons. The van der Waals surface area contributed by atoms with E-state index in [0.717, 1.165) is 19.4 Å². The van der Waals surface area contributed by atoms with E-state index >= 15 is 0 Å². The van der Waals surface area contributed by atoms with Gasteiger partial charge in [-0.2, -0.15) is 0 Å². The molecule has 0 heterocycles. The first-order chi connectivity index (χ1) is 7.49. The van der Waals surface area contributed by atoms with Crippen LogP contribution in [0.1, 0.15) is 33.6 Å². The average Bonchev–Trinajstić information content (AvgIpc) is 2.27. The normalized spacial score (nSPS) is 13.2. The van der Waals surface area contributed by atoms with Crippen LogP contribution in [0.4, 0.5) is 0 Å². The van der Waals surface area contributed by atoms with E-state index in [4.69, 9.17) is 5.73 Å². The van der Waals surface area contributed by atoms with Crippen LogP contribution >= 0.6 is 0 Å². The van der Waals surface area contributed by atoms with E-state index in [9.17, 15) is 4.79 Å². The third-order valence-electron chi connectivity index (χ3n) is 3.09. The van der Waals surface area contributed by atoms with Crippen molar-refractivity contribution in [3.05, 3.63) is 0 Å². The van der Waals surface area contributed by atoms with Gasteiger partial charge in [0.25, 0.3) is 0 Å². The number of carbonyl (C=O) groups is 1. The van der Waals surface area contributed by atoms with Gasteiger partial charge in [-0.1, -0.05) is 13.8 Å². The summed E-state index contributed by atoms with van der Waals surface area (Å²) in [7, 11) is 3.60. The molecule has 0 radical (unpaired) electrons. The first-order valence-corrected chi connectivity index (χ1v) is 6.16. The average molecular weight is 229 g/mol. The summed E-state index contributed by atoms with van der Waals surface area (Å²) in [6, 6.07) is 0.367. The molecule has 0 aromatic carbocycles. The molecule has 1 amide bonds. The van der Waals surface area contributed by atoms with Gasteiger partial charge < -0.3 is 10.6 Å². The minimum Gasteiger partial charge on any atom is -0.347 e. The van der Waals surface area contributed by atoms with Gasteiger partial charge in [0.1, 0.15) is 0 Å². The molecule has 0 rings (SSSR count). The zero-order valence-electron chi connectivity index (χ0n) is 11.4. The third-order valence-corrected chi connectivity index (χ3v) is 3.09. The quantitative estimate of drug-likeness (QED) is 0.706. The highest BCUT2D eigenvalue weighted by atomic mass is 16.2. The van der Waals surface area contributed by atoms with Crippen molar-refractivity contribution in [2.24, 2.45) is 5.73 Å². The molecule has 0 bridgehead atoms. The highest BCUT2D eigenvalue weighted by Gasteiger charge is 2.26. The van der Waals surface area contributed by atoms with Gasteiger partial charge in [0.15, 0.2) is 0 Å². The lowest BCUT2D eigenvalue weighted by Crippen LogP contribution is -2.50. The summed E-state index contributed by atoms with van der Waals surface area (Å²) in [6.07, 6.45) is 2.11. The lowest BCUT2D eigenvalue weighted by molar-refractivity contribution is -0.134. The van der Waals surface area contributed by atoms with Crippen LogP contribution in [-0.4, -0.2) is 55.0 Å². The van der Waals surface area contributed by atoms with Gasteiger partial charge in [0.2, 0.25) is 5.91 Å². The van der Waals surface area contributed by atoms with E-state index in [-0.39, 0.29) is 11.9 Å². The predicted octanol–water partition coefficient (Wildman–Crippen LogP) is 0.912. The smallest absolute Gasteiger partial charge is 0.239 e. The second-order valence-corrected chi connectivity index (χ2v) is 4.41. The van der Waals surface area contributed by atoms with Crippen molar-refractivity contribution in [2.75, 3.05) is 27.2 Å². The zero-order chi connectivity index (χ0) is 12.7. The van der Waals surface area contributed by atoms with Gasteiger partial charge >= 0.3 is 0 Å². The number of nitrogens with two attached hydrogens (primary N) is 1. The molecular formula is C12H27N3O. The van der Waals surface area contributed by atoms with Gasteiger partial charge in [-0.15, -0.1) is 0 Å². The topological polar surface area (TPSA) is 49.6 Å². The number of hydrogen-bond acceptors (Lipinski definition) is 3. The van der Waals surface area contributed by atoms with Crippen molar-refractivity contribution in [2.45, 2.75) is 45.7 Å². The number of rotatable bonds is 7. The van der Waals surface area contributed by atoms with Crippen molar-refractivity contribution in [1.82, 2.24) is 9.80 Å². The maximum atomic E-state index is 11.9. The van der Waals surface area contributed by atoms with Crippen LogP contribution in [0.5, 0.6) is 0 Å². The zero-order valence-corrected chi connectivity index (χ0v) is 11.4. The summed E-state index contributed by atoms with van der Waals surface area (Å²) in [5, 5.41) is 0. The Morgan fingerprint density at radius 3 is 2.06 bits per heavy atom. The van der Waals surface area contributed by atoms with Gasteiger partial charge in [-0.05, 0) is 19.8 Å². The lowest BCUT2D eigenvalue weighted by Gasteiger charge is -2.35. The molecule has 1 unspecified atom stereocenters. The molecule has 2 N–H and O–H groups in total. The molecule has 0 aliphatic rings. The Morgan fingerprint density at radius 2 is 1.75 bits per heavy atom. The Kier molecular flexibility index (Phi) is 7.34. The molecule has 0 fully saturated rings. The molecule has 0 aliphatic heterocycles. The van der Waals surface area contributed by atoms with Crippen LogP contribution in [0.25, 0.3) is 0 Å². The van der Waals surface area contributed by atoms with Gasteiger partial charge in [0.05, 0.1) is 6.04 Å². The lowest BCUT2D eigenvalue weighted by atomic mass is 10.1. The molecule has 1 atom stereocenters. The minimum atomic E-state index is -0.0801. The van der Waals surface area contributed by atoms with Gasteiger partial charge in [0, 0.05) is 33.2 Å². The molecule has 0 aliphatic carbocycles. The van der Waals surface area contributed by atoms with Crippen LogP contribution in [0.3, 0.4) is 0 Å². The van der Waals surface area contributed by atoms with Crippen LogP contribution in [0, 0.1) is 0 Å². The summed E-state index contributed by atoms with van der Waals surface area (Å²) >= 11 is 0. The predicted molar refractivity (Wildman–Crippen MR) is 68.3 cm³/mol. The molecule has 4 nitrogen and oxygen atoms in total. The van der Waals surface area contributed by atoms with Crippen molar-refractivity contribution >= 4 is 5.91 Å². The maximum absolute atomic E-state index is 11.9. The van der Waals surface area contributed by atoms with Crippen molar-refractivity contribution < 1.29 is 4.79 Å². The Labute approximate surface area is 99.8 Å². The van der Waals surface area contributed by atoms with Crippen molar-refractivity contribution in [3.63, 3.8) is 0 Å². The van der Waals surface area contributed by atoms with Crippen molar-refractivity contribution in [3.8, 4) is 0 Å². The van der Waals surface area contributed by atoms with Gasteiger partial charge in [-0.25, -0.2) is 0 Å². The molecular weight excluding hydrogens is 202 g/mol. The van der Waals surface area contributed by atoms with Gasteiger partial charge in [-0.3, -0.25) is 9.69 Å². The van der Waals surface area contributed by atoms with E-state index < -0.39 is 0 Å². The Hall–Kier alpha value is -0.610. The van der Waals surface area contributed by atoms with E-state index in [1.165, 1.54) is 0 Å². The molecule has 16 heavy (non-hydrogen) atoms. The third kappa shape index (κ3) is 4.10. The first-order valence-electron chi connectivity index (χ1n) is 6.16. The van der Waals surface area contributed by atoms with Crippen LogP contribution in [0.2, 0.25) is 0 Å². The Balaban J connectivity index is 4.68. The summed E-state index contributed by atoms with van der Waals surface area (Å²) in [5.41, 5.74) is 5.62. The van der Waals surface area contributed by atoms with Crippen LogP contribution in [-0.2, 0) is 4.79 Å². The molecule has 0 aromatic heterocycles. The van der Waals surface area contributed by atoms with E-state index in [1.807, 2.05) is 6.92 Å². The summed E-state index contributed by atoms with van der Waals surface area (Å²) in [6.45, 7) is 7.67. The van der Waals surface area contributed by atoms with E-state index in [0.29, 0.717) is 12.6 Å². The largest absolute Gasteiger partial charge is 0.347 e. The Morgan fingerprint density at radius 1 is 1.25 bits per heavy atom. The first kappa shape index (κ1) is 15.4. The fourth-order valence-electron chi connectivity index (χ4n) is 2.11. The summed E-state index contributed by atoms with van der Waals surface area (Å²) in [5.74, 6) is 0.153. The molecule has 0 saturated carbocycles. The highest BCUT2D eigenvalue weighted by Crippen LogP contribution is 2.13. The van der Waals surface area contributed by atoms with Crippen molar-refractivity contribution in [1.29, 1.82) is 0 Å². The maximum Gasteiger partial charge on any atom is 0.239 e. The monoisotopic (exact) mass is 229 g/mol. The van der Waals surface area contributed by atoms with Crippen LogP contribution in [0.15, 0.2) is 0 Å². The minimum absolute atomic E-state index is 0.0801. The second-order valence-electron chi connectivity index (χ2n) is 4.41.